The fourth-order valence-electron chi connectivity index (χ4n) is 1.76. The zero-order valence-corrected chi connectivity index (χ0v) is 12.0. The van der Waals surface area contributed by atoms with E-state index in [1.807, 2.05) is 0 Å². The molecule has 100 valence electrons. The van der Waals surface area contributed by atoms with Crippen LogP contribution in [0.4, 0.5) is 5.69 Å². The van der Waals surface area contributed by atoms with Crippen molar-refractivity contribution < 1.29 is 4.79 Å². The molecule has 0 fully saturated rings. The molecule has 0 atom stereocenters. The lowest BCUT2D eigenvalue weighted by Crippen LogP contribution is -2.39. The molecule has 0 radical (unpaired) electrons. The quantitative estimate of drug-likeness (QED) is 0.830. The highest BCUT2D eigenvalue weighted by Crippen LogP contribution is 2.29. The number of hydrogen-bond donors (Lipinski definition) is 2. The van der Waals surface area contributed by atoms with Gasteiger partial charge in [0.25, 0.3) is 5.91 Å². The van der Waals surface area contributed by atoms with Crippen LogP contribution in [0.2, 0.25) is 0 Å². The average molecular weight is 267 g/mol. The number of hydrogen-bond acceptors (Lipinski definition) is 4. The normalized spacial score (nSPS) is 11.3. The molecule has 1 heterocycles. The van der Waals surface area contributed by atoms with Gasteiger partial charge >= 0.3 is 0 Å². The zero-order chi connectivity index (χ0) is 13.6. The fourth-order valence-corrected chi connectivity index (χ4v) is 2.56. The standard InChI is InChI=1S/C13H21N3OS/c1-4-13(5-2,18-3)9-16-12(17)11-8-10(14)6-7-15-11/h6-8H,4-5,9H2,1-3H3,(H2,14,15)(H,16,17). The van der Waals surface area contributed by atoms with Gasteiger partial charge in [0.15, 0.2) is 0 Å². The van der Waals surface area contributed by atoms with E-state index in [1.54, 1.807) is 30.1 Å². The summed E-state index contributed by atoms with van der Waals surface area (Å²) < 4.78 is 0.107. The van der Waals surface area contributed by atoms with Crippen LogP contribution in [-0.2, 0) is 0 Å². The van der Waals surface area contributed by atoms with Crippen LogP contribution in [0.5, 0.6) is 0 Å². The predicted molar refractivity (Wildman–Crippen MR) is 77.8 cm³/mol. The van der Waals surface area contributed by atoms with Crippen LogP contribution in [0.3, 0.4) is 0 Å². The van der Waals surface area contributed by atoms with Crippen LogP contribution in [0.15, 0.2) is 18.3 Å². The van der Waals surface area contributed by atoms with E-state index in [-0.39, 0.29) is 10.7 Å². The first-order valence-corrected chi connectivity index (χ1v) is 7.34. The fraction of sp³-hybridized carbons (Fsp3) is 0.538. The van der Waals surface area contributed by atoms with Gasteiger partial charge < -0.3 is 11.1 Å². The Morgan fingerprint density at radius 1 is 1.50 bits per heavy atom. The van der Waals surface area contributed by atoms with Crippen LogP contribution in [0, 0.1) is 0 Å². The van der Waals surface area contributed by atoms with Crippen molar-refractivity contribution in [3.63, 3.8) is 0 Å². The summed E-state index contributed by atoms with van der Waals surface area (Å²) in [6, 6.07) is 3.26. The molecule has 0 aromatic carbocycles. The van der Waals surface area contributed by atoms with E-state index in [4.69, 9.17) is 5.73 Å². The average Bonchev–Trinajstić information content (AvgIpc) is 2.40. The Morgan fingerprint density at radius 2 is 2.17 bits per heavy atom. The molecule has 1 aromatic rings. The van der Waals surface area contributed by atoms with Gasteiger partial charge in [-0.3, -0.25) is 9.78 Å². The third-order valence-electron chi connectivity index (χ3n) is 3.31. The molecule has 0 saturated heterocycles. The summed E-state index contributed by atoms with van der Waals surface area (Å²) in [5, 5.41) is 2.94. The van der Waals surface area contributed by atoms with Crippen LogP contribution < -0.4 is 11.1 Å². The minimum Gasteiger partial charge on any atom is -0.399 e. The van der Waals surface area contributed by atoms with Gasteiger partial charge in [-0.25, -0.2) is 0 Å². The number of carbonyl (C=O) groups excluding carboxylic acids is 1. The molecule has 0 saturated carbocycles. The lowest BCUT2D eigenvalue weighted by molar-refractivity contribution is 0.0944. The number of nitrogen functional groups attached to an aromatic ring is 1. The van der Waals surface area contributed by atoms with E-state index in [1.165, 1.54) is 0 Å². The second-order valence-electron chi connectivity index (χ2n) is 4.25. The monoisotopic (exact) mass is 267 g/mol. The zero-order valence-electron chi connectivity index (χ0n) is 11.2. The van der Waals surface area contributed by atoms with Crippen molar-refractivity contribution in [3.05, 3.63) is 24.0 Å². The maximum absolute atomic E-state index is 12.0. The van der Waals surface area contributed by atoms with Gasteiger partial charge in [0, 0.05) is 23.2 Å². The number of nitrogens with two attached hydrogens (primary N) is 1. The van der Waals surface area contributed by atoms with Gasteiger partial charge in [-0.05, 0) is 31.2 Å². The Hall–Kier alpha value is -1.23. The van der Waals surface area contributed by atoms with E-state index in [0.717, 1.165) is 12.8 Å². The molecule has 1 aromatic heterocycles. The van der Waals surface area contributed by atoms with Crippen LogP contribution in [0.25, 0.3) is 0 Å². The summed E-state index contributed by atoms with van der Waals surface area (Å²) in [6.07, 6.45) is 5.67. The predicted octanol–water partition coefficient (Wildman–Crippen LogP) is 2.32. The van der Waals surface area contributed by atoms with Gasteiger partial charge in [0.1, 0.15) is 5.69 Å². The Labute approximate surface area is 113 Å². The summed E-state index contributed by atoms with van der Waals surface area (Å²) >= 11 is 1.80. The van der Waals surface area contributed by atoms with Crippen molar-refractivity contribution in [1.29, 1.82) is 0 Å². The molecule has 4 nitrogen and oxygen atoms in total. The molecule has 1 rings (SSSR count). The van der Waals surface area contributed by atoms with Crippen LogP contribution in [0.1, 0.15) is 37.2 Å². The molecular formula is C13H21N3OS. The molecule has 18 heavy (non-hydrogen) atoms. The molecule has 3 N–H and O–H groups in total. The number of nitrogens with zero attached hydrogens (tertiary/aromatic N) is 1. The summed E-state index contributed by atoms with van der Waals surface area (Å²) in [5.74, 6) is -0.164. The van der Waals surface area contributed by atoms with Gasteiger partial charge in [0.05, 0.1) is 0 Å². The molecule has 0 aliphatic carbocycles. The Bertz CT molecular complexity index is 397. The van der Waals surface area contributed by atoms with Gasteiger partial charge in [-0.15, -0.1) is 0 Å². The van der Waals surface area contributed by atoms with Crippen molar-refractivity contribution in [2.45, 2.75) is 31.4 Å². The van der Waals surface area contributed by atoms with E-state index < -0.39 is 0 Å². The lowest BCUT2D eigenvalue weighted by atomic mass is 10.0. The van der Waals surface area contributed by atoms with E-state index in [0.29, 0.717) is 17.9 Å². The summed E-state index contributed by atoms with van der Waals surface area (Å²) in [7, 11) is 0. The number of nitrogens with one attached hydrogen (secondary N) is 1. The number of pyridine rings is 1. The molecule has 0 bridgehead atoms. The first-order chi connectivity index (χ1) is 8.56. The second-order valence-corrected chi connectivity index (χ2v) is 5.53. The van der Waals surface area contributed by atoms with Gasteiger partial charge in [0.2, 0.25) is 0 Å². The van der Waals surface area contributed by atoms with Crippen molar-refractivity contribution in [2.75, 3.05) is 18.5 Å². The maximum Gasteiger partial charge on any atom is 0.270 e. The molecule has 1 amide bonds. The summed E-state index contributed by atoms with van der Waals surface area (Å²) in [4.78, 5) is 16.0. The molecule has 0 aliphatic rings. The van der Waals surface area contributed by atoms with Crippen molar-refractivity contribution in [3.8, 4) is 0 Å². The molecule has 0 spiro atoms. The van der Waals surface area contributed by atoms with Crippen molar-refractivity contribution >= 4 is 23.4 Å². The Balaban J connectivity index is 2.66. The molecule has 5 heteroatoms. The number of anilines is 1. The van der Waals surface area contributed by atoms with E-state index in [2.05, 4.69) is 30.4 Å². The number of aromatic nitrogens is 1. The van der Waals surface area contributed by atoms with Crippen LogP contribution >= 0.6 is 11.8 Å². The Kier molecular flexibility index (Phi) is 5.47. The second kappa shape index (κ2) is 6.64. The number of thioether (sulfide) groups is 1. The van der Waals surface area contributed by atoms with Crippen LogP contribution in [-0.4, -0.2) is 28.4 Å². The topological polar surface area (TPSA) is 68.0 Å². The largest absolute Gasteiger partial charge is 0.399 e. The minimum atomic E-state index is -0.164. The summed E-state index contributed by atoms with van der Waals surface area (Å²) in [5.41, 5.74) is 6.56. The smallest absolute Gasteiger partial charge is 0.270 e. The molecular weight excluding hydrogens is 246 g/mol. The van der Waals surface area contributed by atoms with Crippen molar-refractivity contribution in [2.24, 2.45) is 0 Å². The SMILES string of the molecule is CCC(CC)(CNC(=O)c1cc(N)ccn1)SC. The minimum absolute atomic E-state index is 0.107. The number of rotatable bonds is 6. The highest BCUT2D eigenvalue weighted by Gasteiger charge is 2.25. The number of carbonyl (C=O) groups is 1. The highest BCUT2D eigenvalue weighted by molar-refractivity contribution is 8.00. The number of amides is 1. The first kappa shape index (κ1) is 14.8. The maximum atomic E-state index is 12.0. The molecule has 0 unspecified atom stereocenters. The van der Waals surface area contributed by atoms with Gasteiger partial charge in [-0.1, -0.05) is 13.8 Å². The van der Waals surface area contributed by atoms with Gasteiger partial charge in [-0.2, -0.15) is 11.8 Å². The lowest BCUT2D eigenvalue weighted by Gasteiger charge is -2.29. The van der Waals surface area contributed by atoms with E-state index in [9.17, 15) is 4.79 Å². The highest BCUT2D eigenvalue weighted by atomic mass is 32.2. The van der Waals surface area contributed by atoms with Crippen molar-refractivity contribution in [1.82, 2.24) is 10.3 Å². The van der Waals surface area contributed by atoms with E-state index >= 15 is 0 Å². The third kappa shape index (κ3) is 3.63. The Morgan fingerprint density at radius 3 is 2.67 bits per heavy atom. The summed E-state index contributed by atoms with van der Waals surface area (Å²) in [6.45, 7) is 4.94. The first-order valence-electron chi connectivity index (χ1n) is 6.11. The third-order valence-corrected chi connectivity index (χ3v) is 4.90. The molecule has 0 aliphatic heterocycles.